The van der Waals surface area contributed by atoms with Gasteiger partial charge in [0.1, 0.15) is 0 Å². The van der Waals surface area contributed by atoms with Crippen molar-refractivity contribution in [2.24, 2.45) is 5.92 Å². The maximum atomic E-state index is 9.16. The number of aliphatic hydroxyl groups is 1. The number of aliphatic hydroxyl groups excluding tert-OH is 1. The summed E-state index contributed by atoms with van der Waals surface area (Å²) in [4.78, 5) is 0. The molecule has 0 saturated carbocycles. The van der Waals surface area contributed by atoms with Crippen molar-refractivity contribution >= 4 is 0 Å². The fraction of sp³-hybridized carbons (Fsp3) is 1.00. The van der Waals surface area contributed by atoms with Crippen molar-refractivity contribution in [2.45, 2.75) is 19.4 Å². The minimum Gasteiger partial charge on any atom is -0.392 e. The molecule has 1 rings (SSSR count). The second kappa shape index (κ2) is 2.46. The molecule has 0 aromatic heterocycles. The van der Waals surface area contributed by atoms with Crippen LogP contribution < -0.4 is 5.32 Å². The van der Waals surface area contributed by atoms with Gasteiger partial charge in [-0.2, -0.15) is 0 Å². The van der Waals surface area contributed by atoms with Crippen molar-refractivity contribution in [1.82, 2.24) is 0 Å². The van der Waals surface area contributed by atoms with E-state index in [9.17, 15) is 0 Å². The summed E-state index contributed by atoms with van der Waals surface area (Å²) in [5.41, 5.74) is 0. The third kappa shape index (κ3) is 1.20. The van der Waals surface area contributed by atoms with Crippen molar-refractivity contribution in [1.29, 1.82) is 0 Å². The minimum absolute atomic E-state index is 0.0278. The van der Waals surface area contributed by atoms with E-state index in [-0.39, 0.29) is 6.10 Å². The summed E-state index contributed by atoms with van der Waals surface area (Å²) in [7, 11) is 0. The van der Waals surface area contributed by atoms with Crippen molar-refractivity contribution in [3.05, 3.63) is 0 Å². The lowest BCUT2D eigenvalue weighted by Gasteiger charge is -2.21. The predicted octanol–water partition coefficient (Wildman–Crippen LogP) is -1.05. The number of nitrogens with two attached hydrogens (primary N) is 1. The van der Waals surface area contributed by atoms with Crippen LogP contribution in [0.3, 0.4) is 0 Å². The molecule has 48 valence electrons. The van der Waals surface area contributed by atoms with Crippen LogP contribution in [-0.2, 0) is 0 Å². The molecule has 2 heteroatoms. The average molecular weight is 116 g/mol. The van der Waals surface area contributed by atoms with Gasteiger partial charge in [-0.3, -0.25) is 0 Å². The second-order valence-electron chi connectivity index (χ2n) is 2.65. The molecule has 0 unspecified atom stereocenters. The van der Waals surface area contributed by atoms with Crippen LogP contribution in [0.1, 0.15) is 13.3 Å². The van der Waals surface area contributed by atoms with Gasteiger partial charge in [0.25, 0.3) is 0 Å². The first-order valence-electron chi connectivity index (χ1n) is 3.30. The third-order valence-corrected chi connectivity index (χ3v) is 1.86. The van der Waals surface area contributed by atoms with E-state index in [2.05, 4.69) is 12.2 Å². The normalized spacial score (nSPS) is 39.8. The zero-order valence-electron chi connectivity index (χ0n) is 5.30. The highest BCUT2D eigenvalue weighted by atomic mass is 16.3. The molecule has 1 heterocycles. The Hall–Kier alpha value is -0.0800. The van der Waals surface area contributed by atoms with Gasteiger partial charge in [-0.15, -0.1) is 0 Å². The number of rotatable bonds is 0. The summed E-state index contributed by atoms with van der Waals surface area (Å²) in [6.45, 7) is 4.30. The highest BCUT2D eigenvalue weighted by Crippen LogP contribution is 2.04. The Kier molecular flexibility index (Phi) is 1.86. The van der Waals surface area contributed by atoms with Crippen LogP contribution in [0.25, 0.3) is 0 Å². The molecule has 3 N–H and O–H groups in total. The van der Waals surface area contributed by atoms with Crippen LogP contribution in [0.15, 0.2) is 0 Å². The molecule has 1 aliphatic rings. The number of hydrogen-bond donors (Lipinski definition) is 2. The zero-order chi connectivity index (χ0) is 5.98. The Morgan fingerprint density at radius 1 is 1.62 bits per heavy atom. The molecule has 1 aliphatic heterocycles. The van der Waals surface area contributed by atoms with Crippen molar-refractivity contribution < 1.29 is 10.4 Å². The Balaban J connectivity index is 2.28. The smallest absolute Gasteiger partial charge is 0.0806 e. The number of quaternary nitrogens is 1. The van der Waals surface area contributed by atoms with Gasteiger partial charge in [0.15, 0.2) is 0 Å². The lowest BCUT2D eigenvalue weighted by atomic mass is 9.99. The average Bonchev–Trinajstić information content (AvgIpc) is 1.77. The highest BCUT2D eigenvalue weighted by Gasteiger charge is 2.20. The molecule has 0 aliphatic carbocycles. The van der Waals surface area contributed by atoms with Crippen LogP contribution in [0, 0.1) is 5.92 Å². The molecule has 0 spiro atoms. The number of hydrogen-bond acceptors (Lipinski definition) is 1. The lowest BCUT2D eigenvalue weighted by molar-refractivity contribution is -0.671. The van der Waals surface area contributed by atoms with Gasteiger partial charge in [0, 0.05) is 12.3 Å². The summed E-state index contributed by atoms with van der Waals surface area (Å²) < 4.78 is 0. The van der Waals surface area contributed by atoms with E-state index in [1.165, 1.54) is 0 Å². The van der Waals surface area contributed by atoms with Crippen LogP contribution in [0.5, 0.6) is 0 Å². The van der Waals surface area contributed by atoms with Gasteiger partial charge in [0.2, 0.25) is 0 Å². The first-order valence-corrected chi connectivity index (χ1v) is 3.30. The van der Waals surface area contributed by atoms with Gasteiger partial charge >= 0.3 is 0 Å². The molecular weight excluding hydrogens is 102 g/mol. The van der Waals surface area contributed by atoms with Crippen LogP contribution in [0.4, 0.5) is 0 Å². The Labute approximate surface area is 49.9 Å². The summed E-state index contributed by atoms with van der Waals surface area (Å²) in [5.74, 6) is 0.503. The van der Waals surface area contributed by atoms with Gasteiger partial charge < -0.3 is 10.4 Å². The molecule has 0 radical (unpaired) electrons. The SMILES string of the molecule is C[C@H]1C[NH2+]CC[C@H]1O. The molecular formula is C6H14NO+. The first kappa shape index (κ1) is 6.05. The molecule has 0 aromatic rings. The molecule has 0 aromatic carbocycles. The standard InChI is InChI=1S/C6H13NO/c1-5-4-7-3-2-6(5)8/h5-8H,2-4H2,1H3/p+1/t5-,6+/m0/s1. The largest absolute Gasteiger partial charge is 0.392 e. The molecule has 0 amide bonds. The van der Waals surface area contributed by atoms with E-state index in [0.717, 1.165) is 19.5 Å². The van der Waals surface area contributed by atoms with E-state index in [1.54, 1.807) is 0 Å². The Morgan fingerprint density at radius 3 is 2.75 bits per heavy atom. The molecule has 8 heavy (non-hydrogen) atoms. The van der Waals surface area contributed by atoms with E-state index in [0.29, 0.717) is 5.92 Å². The summed E-state index contributed by atoms with van der Waals surface area (Å²) in [5, 5.41) is 11.4. The number of piperidine rings is 1. The summed E-state index contributed by atoms with van der Waals surface area (Å²) in [6.07, 6.45) is 0.946. The van der Waals surface area contributed by atoms with Gasteiger partial charge in [-0.1, -0.05) is 6.92 Å². The van der Waals surface area contributed by atoms with E-state index in [4.69, 9.17) is 5.11 Å². The molecule has 1 fully saturated rings. The quantitative estimate of drug-likeness (QED) is 0.416. The predicted molar refractivity (Wildman–Crippen MR) is 31.4 cm³/mol. The minimum atomic E-state index is -0.0278. The fourth-order valence-corrected chi connectivity index (χ4v) is 1.11. The molecule has 2 atom stereocenters. The topological polar surface area (TPSA) is 36.8 Å². The molecule has 0 bridgehead atoms. The van der Waals surface area contributed by atoms with E-state index >= 15 is 0 Å². The van der Waals surface area contributed by atoms with Gasteiger partial charge in [-0.05, 0) is 0 Å². The van der Waals surface area contributed by atoms with Crippen molar-refractivity contribution in [3.63, 3.8) is 0 Å². The highest BCUT2D eigenvalue weighted by molar-refractivity contribution is 4.64. The Bertz CT molecular complexity index is 64.9. The monoisotopic (exact) mass is 116 g/mol. The maximum Gasteiger partial charge on any atom is 0.0806 e. The third-order valence-electron chi connectivity index (χ3n) is 1.86. The zero-order valence-corrected chi connectivity index (χ0v) is 5.30. The van der Waals surface area contributed by atoms with E-state index < -0.39 is 0 Å². The molecule has 1 saturated heterocycles. The van der Waals surface area contributed by atoms with E-state index in [1.807, 2.05) is 0 Å². The fourth-order valence-electron chi connectivity index (χ4n) is 1.11. The van der Waals surface area contributed by atoms with Crippen LogP contribution >= 0.6 is 0 Å². The first-order chi connectivity index (χ1) is 3.80. The van der Waals surface area contributed by atoms with Gasteiger partial charge in [-0.25, -0.2) is 0 Å². The summed E-state index contributed by atoms with van der Waals surface area (Å²) >= 11 is 0. The van der Waals surface area contributed by atoms with Crippen molar-refractivity contribution in [3.8, 4) is 0 Å². The molecule has 2 nitrogen and oxygen atoms in total. The lowest BCUT2D eigenvalue weighted by Crippen LogP contribution is -2.88. The van der Waals surface area contributed by atoms with Crippen molar-refractivity contribution in [2.75, 3.05) is 13.1 Å². The van der Waals surface area contributed by atoms with Gasteiger partial charge in [0.05, 0.1) is 19.2 Å². The Morgan fingerprint density at radius 2 is 2.38 bits per heavy atom. The summed E-state index contributed by atoms with van der Waals surface area (Å²) in [6, 6.07) is 0. The van der Waals surface area contributed by atoms with Crippen LogP contribution in [0.2, 0.25) is 0 Å². The van der Waals surface area contributed by atoms with Crippen LogP contribution in [-0.4, -0.2) is 24.3 Å². The maximum absolute atomic E-state index is 9.16. The second-order valence-corrected chi connectivity index (χ2v) is 2.65.